The molecule has 0 N–H and O–H groups in total. The van der Waals surface area contributed by atoms with Crippen LogP contribution in [0.1, 0.15) is 17.3 Å². The van der Waals surface area contributed by atoms with E-state index in [0.29, 0.717) is 5.56 Å². The summed E-state index contributed by atoms with van der Waals surface area (Å²) in [6.45, 7) is 1.60. The molecule has 0 spiro atoms. The Morgan fingerprint density at radius 3 is 1.83 bits per heavy atom. The minimum atomic E-state index is -1.24. The molecule has 1 aromatic rings. The number of carbonyl (C=O) groups excluding carboxylic acids is 2. The molecule has 0 heterocycles. The van der Waals surface area contributed by atoms with Gasteiger partial charge in [-0.1, -0.05) is 46.4 Å². The number of halogens is 4. The van der Waals surface area contributed by atoms with E-state index in [-0.39, 0.29) is 25.7 Å². The second kappa shape index (κ2) is 6.35. The second-order valence-corrected chi connectivity index (χ2v) is 4.62. The highest BCUT2D eigenvalue weighted by Gasteiger charge is 2.24. The molecule has 0 radical (unpaired) electrons. The number of isocyanates is 2. The standard InChI is InChI=1S/C10H4Cl4N2O2/c1-4-6(11)5(8(13)9(14)7(4)12)10(15-2-17)16-3-18/h10H,1H3. The number of rotatable bonds is 3. The Kier molecular flexibility index (Phi) is 5.36. The van der Waals surface area contributed by atoms with Crippen LogP contribution >= 0.6 is 46.4 Å². The lowest BCUT2D eigenvalue weighted by Gasteiger charge is -2.14. The van der Waals surface area contributed by atoms with Gasteiger partial charge in [-0.2, -0.15) is 9.98 Å². The lowest BCUT2D eigenvalue weighted by molar-refractivity contribution is 0.552. The van der Waals surface area contributed by atoms with Crippen LogP contribution in [0.2, 0.25) is 20.1 Å². The van der Waals surface area contributed by atoms with Gasteiger partial charge in [0, 0.05) is 5.56 Å². The van der Waals surface area contributed by atoms with Crippen molar-refractivity contribution >= 4 is 58.6 Å². The smallest absolute Gasteiger partial charge is 0.211 e. The third-order valence-electron chi connectivity index (χ3n) is 2.12. The van der Waals surface area contributed by atoms with Crippen LogP contribution in [-0.4, -0.2) is 12.2 Å². The van der Waals surface area contributed by atoms with Crippen molar-refractivity contribution < 1.29 is 9.59 Å². The summed E-state index contributed by atoms with van der Waals surface area (Å²) in [6.07, 6.45) is 1.29. The van der Waals surface area contributed by atoms with Crippen molar-refractivity contribution in [2.45, 2.75) is 13.1 Å². The van der Waals surface area contributed by atoms with E-state index in [0.717, 1.165) is 0 Å². The summed E-state index contributed by atoms with van der Waals surface area (Å²) in [7, 11) is 0. The summed E-state index contributed by atoms with van der Waals surface area (Å²) in [5, 5.41) is 0.319. The number of hydrogen-bond donors (Lipinski definition) is 0. The quantitative estimate of drug-likeness (QED) is 0.360. The van der Waals surface area contributed by atoms with Gasteiger partial charge in [-0.05, 0) is 12.5 Å². The van der Waals surface area contributed by atoms with E-state index in [4.69, 9.17) is 46.4 Å². The molecular weight excluding hydrogens is 322 g/mol. The summed E-state index contributed by atoms with van der Waals surface area (Å²) in [6, 6.07) is 0. The summed E-state index contributed by atoms with van der Waals surface area (Å²) in [5.74, 6) is 0. The first-order valence-corrected chi connectivity index (χ1v) is 5.93. The lowest BCUT2D eigenvalue weighted by Crippen LogP contribution is -1.98. The van der Waals surface area contributed by atoms with Gasteiger partial charge in [-0.25, -0.2) is 9.59 Å². The van der Waals surface area contributed by atoms with Crippen molar-refractivity contribution in [1.29, 1.82) is 0 Å². The Bertz CT molecular complexity index is 543. The monoisotopic (exact) mass is 324 g/mol. The van der Waals surface area contributed by atoms with Crippen molar-refractivity contribution in [3.63, 3.8) is 0 Å². The molecule has 0 unspecified atom stereocenters. The fourth-order valence-electron chi connectivity index (χ4n) is 1.26. The van der Waals surface area contributed by atoms with Crippen molar-refractivity contribution in [3.8, 4) is 0 Å². The SMILES string of the molecule is Cc1c(Cl)c(Cl)c(Cl)c(C(N=C=O)N=C=O)c1Cl. The molecule has 0 amide bonds. The molecule has 0 bridgehead atoms. The number of aliphatic imine (C=N–C) groups is 2. The minimum absolute atomic E-state index is 0.0275. The second-order valence-electron chi connectivity index (χ2n) is 3.11. The fraction of sp³-hybridized carbons (Fsp3) is 0.200. The largest absolute Gasteiger partial charge is 0.237 e. The van der Waals surface area contributed by atoms with Crippen molar-refractivity contribution in [1.82, 2.24) is 0 Å². The van der Waals surface area contributed by atoms with E-state index in [9.17, 15) is 9.59 Å². The molecule has 1 aromatic carbocycles. The molecular formula is C10H4Cl4N2O2. The van der Waals surface area contributed by atoms with Crippen molar-refractivity contribution in [2.24, 2.45) is 9.98 Å². The van der Waals surface area contributed by atoms with Gasteiger partial charge < -0.3 is 0 Å². The van der Waals surface area contributed by atoms with E-state index in [1.54, 1.807) is 6.92 Å². The van der Waals surface area contributed by atoms with Crippen LogP contribution in [0.4, 0.5) is 0 Å². The first-order chi connectivity index (χ1) is 8.45. The molecule has 0 fully saturated rings. The highest BCUT2D eigenvalue weighted by molar-refractivity contribution is 6.50. The topological polar surface area (TPSA) is 58.9 Å². The van der Waals surface area contributed by atoms with Crippen LogP contribution in [0.3, 0.4) is 0 Å². The highest BCUT2D eigenvalue weighted by atomic mass is 35.5. The molecule has 0 saturated heterocycles. The molecule has 94 valence electrons. The number of benzene rings is 1. The van der Waals surface area contributed by atoms with Crippen LogP contribution in [0, 0.1) is 6.92 Å². The predicted octanol–water partition coefficient (Wildman–Crippen LogP) is 4.28. The van der Waals surface area contributed by atoms with Crippen LogP contribution in [0.25, 0.3) is 0 Å². The third kappa shape index (κ3) is 2.76. The van der Waals surface area contributed by atoms with Crippen molar-refractivity contribution in [3.05, 3.63) is 31.2 Å². The maximum Gasteiger partial charge on any atom is 0.237 e. The zero-order valence-corrected chi connectivity index (χ0v) is 11.8. The Labute approximate surface area is 122 Å². The third-order valence-corrected chi connectivity index (χ3v) is 4.05. The van der Waals surface area contributed by atoms with E-state index in [2.05, 4.69) is 9.98 Å². The maximum absolute atomic E-state index is 10.3. The van der Waals surface area contributed by atoms with Gasteiger partial charge in [0.05, 0.1) is 20.1 Å². The average Bonchev–Trinajstić information content (AvgIpc) is 2.35. The number of hydrogen-bond acceptors (Lipinski definition) is 4. The van der Waals surface area contributed by atoms with E-state index >= 15 is 0 Å². The van der Waals surface area contributed by atoms with Crippen LogP contribution in [0.5, 0.6) is 0 Å². The first kappa shape index (κ1) is 15.2. The molecule has 1 rings (SSSR count). The molecule has 0 aliphatic heterocycles. The Hall–Kier alpha value is -0.860. The summed E-state index contributed by atoms with van der Waals surface area (Å²) < 4.78 is 0. The first-order valence-electron chi connectivity index (χ1n) is 4.42. The molecule has 0 aliphatic carbocycles. The summed E-state index contributed by atoms with van der Waals surface area (Å²) >= 11 is 23.8. The maximum atomic E-state index is 10.3. The van der Waals surface area contributed by atoms with E-state index in [1.165, 1.54) is 12.2 Å². The van der Waals surface area contributed by atoms with Gasteiger partial charge in [-0.3, -0.25) is 0 Å². The van der Waals surface area contributed by atoms with Crippen LogP contribution in [0.15, 0.2) is 9.98 Å². The van der Waals surface area contributed by atoms with Crippen LogP contribution in [-0.2, 0) is 9.59 Å². The zero-order chi connectivity index (χ0) is 13.9. The predicted molar refractivity (Wildman–Crippen MR) is 70.2 cm³/mol. The van der Waals surface area contributed by atoms with Gasteiger partial charge in [0.25, 0.3) is 0 Å². The molecule has 4 nitrogen and oxygen atoms in total. The Morgan fingerprint density at radius 1 is 0.889 bits per heavy atom. The molecule has 18 heavy (non-hydrogen) atoms. The van der Waals surface area contributed by atoms with E-state index < -0.39 is 6.17 Å². The molecule has 0 atom stereocenters. The van der Waals surface area contributed by atoms with Gasteiger partial charge in [-0.15, -0.1) is 0 Å². The zero-order valence-electron chi connectivity index (χ0n) is 8.80. The van der Waals surface area contributed by atoms with Gasteiger partial charge >= 0.3 is 0 Å². The van der Waals surface area contributed by atoms with E-state index in [1.807, 2.05) is 0 Å². The van der Waals surface area contributed by atoms with Gasteiger partial charge in [0.1, 0.15) is 0 Å². The fourth-order valence-corrected chi connectivity index (χ4v) is 2.41. The molecule has 0 aromatic heterocycles. The van der Waals surface area contributed by atoms with Gasteiger partial charge in [0.2, 0.25) is 12.2 Å². The summed E-state index contributed by atoms with van der Waals surface area (Å²) in [5.41, 5.74) is 0.548. The number of nitrogens with zero attached hydrogens (tertiary/aromatic N) is 2. The van der Waals surface area contributed by atoms with Gasteiger partial charge in [0.15, 0.2) is 6.17 Å². The van der Waals surface area contributed by atoms with Crippen LogP contribution < -0.4 is 0 Å². The Morgan fingerprint density at radius 2 is 1.39 bits per heavy atom. The molecule has 0 saturated carbocycles. The molecule has 8 heteroatoms. The lowest BCUT2D eigenvalue weighted by atomic mass is 10.1. The average molecular weight is 326 g/mol. The Balaban J connectivity index is 3.67. The highest BCUT2D eigenvalue weighted by Crippen LogP contribution is 2.44. The minimum Gasteiger partial charge on any atom is -0.211 e. The molecule has 0 aliphatic rings. The van der Waals surface area contributed by atoms with Crippen molar-refractivity contribution in [2.75, 3.05) is 0 Å². The summed E-state index contributed by atoms with van der Waals surface area (Å²) in [4.78, 5) is 27.2. The normalized spacial score (nSPS) is 11.4.